The van der Waals surface area contributed by atoms with Gasteiger partial charge < -0.3 is 25.4 Å². The van der Waals surface area contributed by atoms with Gasteiger partial charge in [0, 0.05) is 11.8 Å². The van der Waals surface area contributed by atoms with Crippen molar-refractivity contribution in [3.05, 3.63) is 40.1 Å². The lowest BCUT2D eigenvalue weighted by Gasteiger charge is -2.39. The Hall–Kier alpha value is -2.78. The van der Waals surface area contributed by atoms with Crippen LogP contribution in [0.15, 0.2) is 24.4 Å². The van der Waals surface area contributed by atoms with Gasteiger partial charge in [-0.25, -0.2) is 9.78 Å². The van der Waals surface area contributed by atoms with E-state index in [0.29, 0.717) is 18.7 Å². The fourth-order valence-corrected chi connectivity index (χ4v) is 2.87. The molecule has 9 nitrogen and oxygen atoms in total. The van der Waals surface area contributed by atoms with Gasteiger partial charge >= 0.3 is 6.09 Å². The number of hydrogen-bond donors (Lipinski definition) is 2. The summed E-state index contributed by atoms with van der Waals surface area (Å²) in [7, 11) is 0. The zero-order chi connectivity index (χ0) is 22.1. The molecule has 0 unspecified atom stereocenters. The minimum Gasteiger partial charge on any atom is -0.469 e. The quantitative estimate of drug-likeness (QED) is 0.678. The summed E-state index contributed by atoms with van der Waals surface area (Å²) in [4.78, 5) is 34.1. The van der Waals surface area contributed by atoms with Gasteiger partial charge in [0.1, 0.15) is 28.4 Å². The third kappa shape index (κ3) is 5.43. The number of hydrogen-bond acceptors (Lipinski definition) is 7. The third-order valence-corrected chi connectivity index (χ3v) is 4.49. The number of ether oxygens (including phenoxy) is 2. The molecule has 0 aliphatic carbocycles. The molecule has 0 saturated carbocycles. The fourth-order valence-electron chi connectivity index (χ4n) is 2.55. The Labute approximate surface area is 183 Å². The topological polar surface area (TPSA) is 120 Å². The molecule has 3 rings (SSSR count). The number of likely N-dealkylation sites (tertiary alicyclic amines) is 1. The lowest BCUT2D eigenvalue weighted by molar-refractivity contribution is -0.0229. The average Bonchev–Trinajstić information content (AvgIpc) is 2.59. The van der Waals surface area contributed by atoms with Crippen LogP contribution >= 0.6 is 23.2 Å². The Morgan fingerprint density at radius 3 is 2.60 bits per heavy atom. The number of aromatic nitrogens is 2. The van der Waals surface area contributed by atoms with Crippen molar-refractivity contribution in [2.75, 3.05) is 24.1 Å². The SMILES string of the molecule is CC(C)(C)OC(=O)N1CC(Oc2nc(N)c(Cl)cc2NC(=O)c2ccnc(Cl)c2)C1. The Morgan fingerprint density at radius 1 is 1.27 bits per heavy atom. The first kappa shape index (κ1) is 21.9. The van der Waals surface area contributed by atoms with Gasteiger partial charge in [-0.15, -0.1) is 0 Å². The number of anilines is 2. The van der Waals surface area contributed by atoms with E-state index in [9.17, 15) is 9.59 Å². The van der Waals surface area contributed by atoms with Crippen LogP contribution in [-0.2, 0) is 4.74 Å². The van der Waals surface area contributed by atoms with Crippen LogP contribution in [0.25, 0.3) is 0 Å². The van der Waals surface area contributed by atoms with E-state index in [1.54, 1.807) is 20.8 Å². The first-order valence-corrected chi connectivity index (χ1v) is 9.81. The molecule has 160 valence electrons. The van der Waals surface area contributed by atoms with Crippen LogP contribution in [0.5, 0.6) is 5.88 Å². The number of carbonyl (C=O) groups is 2. The molecule has 0 aromatic carbocycles. The first-order valence-electron chi connectivity index (χ1n) is 9.05. The Morgan fingerprint density at radius 2 is 1.97 bits per heavy atom. The van der Waals surface area contributed by atoms with Gasteiger partial charge in [0.25, 0.3) is 5.91 Å². The van der Waals surface area contributed by atoms with Crippen LogP contribution in [0, 0.1) is 0 Å². The van der Waals surface area contributed by atoms with Crippen molar-refractivity contribution in [2.24, 2.45) is 0 Å². The number of amides is 2. The van der Waals surface area contributed by atoms with E-state index < -0.39 is 17.6 Å². The maximum Gasteiger partial charge on any atom is 0.410 e. The second-order valence-corrected chi connectivity index (χ2v) is 8.45. The van der Waals surface area contributed by atoms with E-state index in [1.165, 1.54) is 29.3 Å². The highest BCUT2D eigenvalue weighted by Gasteiger charge is 2.36. The van der Waals surface area contributed by atoms with E-state index >= 15 is 0 Å². The molecule has 11 heteroatoms. The Kier molecular flexibility index (Phi) is 6.23. The van der Waals surface area contributed by atoms with Crippen molar-refractivity contribution in [1.29, 1.82) is 0 Å². The molecule has 3 N–H and O–H groups in total. The molecule has 2 amide bonds. The summed E-state index contributed by atoms with van der Waals surface area (Å²) in [5.74, 6) is -0.296. The lowest BCUT2D eigenvalue weighted by Crippen LogP contribution is -2.57. The van der Waals surface area contributed by atoms with Gasteiger partial charge in [-0.1, -0.05) is 23.2 Å². The summed E-state index contributed by atoms with van der Waals surface area (Å²) in [6, 6.07) is 4.39. The lowest BCUT2D eigenvalue weighted by atomic mass is 10.1. The number of carbonyl (C=O) groups excluding carboxylic acids is 2. The van der Waals surface area contributed by atoms with Crippen molar-refractivity contribution in [2.45, 2.75) is 32.5 Å². The molecule has 1 aliphatic rings. The Bertz CT molecular complexity index is 974. The smallest absolute Gasteiger partial charge is 0.410 e. The minimum absolute atomic E-state index is 0.0555. The van der Waals surface area contributed by atoms with E-state index in [2.05, 4.69) is 15.3 Å². The van der Waals surface area contributed by atoms with E-state index in [0.717, 1.165) is 0 Å². The maximum absolute atomic E-state index is 12.5. The number of nitrogens with one attached hydrogen (secondary N) is 1. The highest BCUT2D eigenvalue weighted by molar-refractivity contribution is 6.33. The van der Waals surface area contributed by atoms with Crippen molar-refractivity contribution in [3.63, 3.8) is 0 Å². The summed E-state index contributed by atoms with van der Waals surface area (Å²) in [6.45, 7) is 6.01. The molecule has 1 aliphatic heterocycles. The van der Waals surface area contributed by atoms with Crippen molar-refractivity contribution in [3.8, 4) is 5.88 Å². The number of nitrogens with two attached hydrogens (primary N) is 1. The first-order chi connectivity index (χ1) is 14.0. The number of halogens is 2. The molecule has 2 aromatic rings. The predicted molar refractivity (Wildman–Crippen MR) is 113 cm³/mol. The monoisotopic (exact) mass is 453 g/mol. The molecular weight excluding hydrogens is 433 g/mol. The number of nitrogens with zero attached hydrogens (tertiary/aromatic N) is 3. The van der Waals surface area contributed by atoms with E-state index in [1.807, 2.05) is 0 Å². The molecule has 1 saturated heterocycles. The predicted octanol–water partition coefficient (Wildman–Crippen LogP) is 3.62. The fraction of sp³-hybridized carbons (Fsp3) is 0.368. The van der Waals surface area contributed by atoms with Crippen LogP contribution in [0.4, 0.5) is 16.3 Å². The average molecular weight is 454 g/mol. The zero-order valence-electron chi connectivity index (χ0n) is 16.6. The summed E-state index contributed by atoms with van der Waals surface area (Å²) >= 11 is 11.9. The van der Waals surface area contributed by atoms with Crippen molar-refractivity contribution < 1.29 is 19.1 Å². The number of nitrogen functional groups attached to an aromatic ring is 1. The summed E-state index contributed by atoms with van der Waals surface area (Å²) < 4.78 is 11.2. The molecular formula is C19H21Cl2N5O4. The minimum atomic E-state index is -0.581. The van der Waals surface area contributed by atoms with Gasteiger partial charge in [0.15, 0.2) is 0 Å². The summed E-state index contributed by atoms with van der Waals surface area (Å²) in [5.41, 5.74) is 5.74. The molecule has 0 atom stereocenters. The second-order valence-electron chi connectivity index (χ2n) is 7.65. The maximum atomic E-state index is 12.5. The van der Waals surface area contributed by atoms with Crippen LogP contribution in [0.2, 0.25) is 10.2 Å². The standard InChI is InChI=1S/C19H21Cl2N5O4/c1-19(2,3)30-18(28)26-8-11(9-26)29-17-13(7-12(20)15(22)25-17)24-16(27)10-4-5-23-14(21)6-10/h4-7,11H,8-9H2,1-3H3,(H2,22,25)(H,24,27). The Balaban J connectivity index is 1.69. The molecule has 3 heterocycles. The highest BCUT2D eigenvalue weighted by atomic mass is 35.5. The molecule has 30 heavy (non-hydrogen) atoms. The van der Waals surface area contributed by atoms with Gasteiger partial charge in [0.05, 0.1) is 18.1 Å². The van der Waals surface area contributed by atoms with Crippen LogP contribution in [-0.4, -0.2) is 51.7 Å². The molecule has 0 spiro atoms. The number of rotatable bonds is 4. The molecule has 1 fully saturated rings. The molecule has 0 bridgehead atoms. The highest BCUT2D eigenvalue weighted by Crippen LogP contribution is 2.32. The van der Waals surface area contributed by atoms with Crippen molar-refractivity contribution in [1.82, 2.24) is 14.9 Å². The summed E-state index contributed by atoms with van der Waals surface area (Å²) in [5, 5.41) is 3.03. The molecule has 2 aromatic heterocycles. The number of pyridine rings is 2. The van der Waals surface area contributed by atoms with Gasteiger partial charge in [-0.3, -0.25) is 4.79 Å². The van der Waals surface area contributed by atoms with Gasteiger partial charge in [-0.2, -0.15) is 4.98 Å². The van der Waals surface area contributed by atoms with Crippen LogP contribution in [0.3, 0.4) is 0 Å². The summed E-state index contributed by atoms with van der Waals surface area (Å²) in [6.07, 6.45) is 0.660. The van der Waals surface area contributed by atoms with Gasteiger partial charge in [-0.05, 0) is 39.0 Å². The van der Waals surface area contributed by atoms with Crippen molar-refractivity contribution >= 4 is 46.7 Å². The van der Waals surface area contributed by atoms with Gasteiger partial charge in [0.2, 0.25) is 5.88 Å². The normalized spacial score (nSPS) is 14.1. The largest absolute Gasteiger partial charge is 0.469 e. The van der Waals surface area contributed by atoms with Crippen LogP contribution in [0.1, 0.15) is 31.1 Å². The zero-order valence-corrected chi connectivity index (χ0v) is 18.1. The third-order valence-electron chi connectivity index (χ3n) is 3.98. The van der Waals surface area contributed by atoms with E-state index in [4.69, 9.17) is 38.4 Å². The van der Waals surface area contributed by atoms with Crippen LogP contribution < -0.4 is 15.8 Å². The molecule has 0 radical (unpaired) electrons. The van der Waals surface area contributed by atoms with E-state index in [-0.39, 0.29) is 33.7 Å². The second kappa shape index (κ2) is 8.53.